The Morgan fingerprint density at radius 1 is 1.39 bits per heavy atom. The highest BCUT2D eigenvalue weighted by Gasteiger charge is 2.45. The molecule has 0 bridgehead atoms. The lowest BCUT2D eigenvalue weighted by Gasteiger charge is -2.29. The average Bonchev–Trinajstić information content (AvgIpc) is 3.09. The smallest absolute Gasteiger partial charge is 0.459 e. The number of phosphoric acid groups is 1. The Morgan fingerprint density at radius 3 is 2.81 bits per heavy atom. The van der Waals surface area contributed by atoms with Gasteiger partial charge in [-0.2, -0.15) is 4.98 Å². The summed E-state index contributed by atoms with van der Waals surface area (Å²) in [5.74, 6) is -0.463. The van der Waals surface area contributed by atoms with E-state index in [1.165, 1.54) is 31.3 Å². The first-order valence-corrected chi connectivity index (χ1v) is 12.1. The molecule has 1 fully saturated rings. The van der Waals surface area contributed by atoms with E-state index in [2.05, 4.69) is 10.3 Å². The summed E-state index contributed by atoms with van der Waals surface area (Å²) in [6, 6.07) is 0.601. The molecule has 2 aliphatic heterocycles. The third-order valence-electron chi connectivity index (χ3n) is 4.92. The maximum absolute atomic E-state index is 12.3. The van der Waals surface area contributed by atoms with Crippen LogP contribution in [0.1, 0.15) is 13.2 Å². The van der Waals surface area contributed by atoms with Crippen LogP contribution in [0.15, 0.2) is 41.2 Å². The Kier molecular flexibility index (Phi) is 9.21. The van der Waals surface area contributed by atoms with Gasteiger partial charge >= 0.3 is 13.5 Å². The molecule has 1 saturated heterocycles. The van der Waals surface area contributed by atoms with Crippen molar-refractivity contribution in [2.45, 2.75) is 43.8 Å². The summed E-state index contributed by atoms with van der Waals surface area (Å²) in [4.78, 5) is 36.8. The molecular weight excluding hydrogens is 507 g/mol. The van der Waals surface area contributed by atoms with Gasteiger partial charge in [0.05, 0.1) is 19.8 Å². The molecule has 1 aromatic heterocycles. The topological polar surface area (TPSA) is 234 Å². The molecule has 0 radical (unpaired) electrons. The number of hydrogen-bond donors (Lipinski definition) is 6. The van der Waals surface area contributed by atoms with Gasteiger partial charge in [-0.3, -0.25) is 18.8 Å². The number of ether oxygens (including phenoxy) is 3. The number of aliphatic hydroxyl groups excluding tert-OH is 3. The van der Waals surface area contributed by atoms with Gasteiger partial charge in [-0.05, 0) is 12.1 Å². The number of rotatable bonds is 10. The lowest BCUT2D eigenvalue weighted by molar-refractivity contribution is -0.142. The van der Waals surface area contributed by atoms with E-state index in [9.17, 15) is 29.3 Å². The molecule has 17 heteroatoms. The molecule has 3 unspecified atom stereocenters. The molecule has 0 spiro atoms. The van der Waals surface area contributed by atoms with Crippen molar-refractivity contribution < 1.29 is 52.8 Å². The van der Waals surface area contributed by atoms with Crippen molar-refractivity contribution in [2.75, 3.05) is 25.6 Å². The summed E-state index contributed by atoms with van der Waals surface area (Å²) >= 11 is 0. The minimum absolute atomic E-state index is 0.0506. The minimum Gasteiger partial charge on any atom is -0.459 e. The number of carbonyl (C=O) groups is 1. The number of nitrogens with zero attached hydrogens (tertiary/aromatic N) is 2. The van der Waals surface area contributed by atoms with Crippen molar-refractivity contribution in [3.05, 3.63) is 46.9 Å². The number of aromatic nitrogens is 2. The Labute approximate surface area is 204 Å². The predicted octanol–water partition coefficient (Wildman–Crippen LogP) is -2.15. The van der Waals surface area contributed by atoms with Crippen LogP contribution in [0.4, 0.5) is 5.82 Å². The molecule has 1 amide bonds. The molecule has 3 rings (SSSR count). The molecule has 3 heterocycles. The highest BCUT2D eigenvalue weighted by atomic mass is 31.2. The summed E-state index contributed by atoms with van der Waals surface area (Å²) in [5.41, 5.74) is 4.59. The zero-order valence-corrected chi connectivity index (χ0v) is 19.8. The molecule has 0 saturated carbocycles. The first-order chi connectivity index (χ1) is 17.0. The predicted molar refractivity (Wildman–Crippen MR) is 118 cm³/mol. The van der Waals surface area contributed by atoms with Crippen LogP contribution in [0.2, 0.25) is 0 Å². The monoisotopic (exact) mass is 534 g/mol. The number of amides is 1. The molecule has 7 atom stereocenters. The number of hydrogen-bond acceptors (Lipinski definition) is 13. The van der Waals surface area contributed by atoms with Crippen LogP contribution in [0.5, 0.6) is 0 Å². The number of nitrogen functional groups attached to an aromatic ring is 1. The van der Waals surface area contributed by atoms with Gasteiger partial charge in [-0.15, -0.1) is 0 Å². The number of aliphatic hydroxyl groups is 3. The second-order valence-electron chi connectivity index (χ2n) is 7.64. The van der Waals surface area contributed by atoms with E-state index < -0.39 is 57.0 Å². The Hall–Kier alpha value is -2.82. The number of anilines is 1. The van der Waals surface area contributed by atoms with E-state index in [1.807, 2.05) is 0 Å². The molecule has 36 heavy (non-hydrogen) atoms. The van der Waals surface area contributed by atoms with E-state index in [-0.39, 0.29) is 30.7 Å². The minimum atomic E-state index is -4.76. The zero-order chi connectivity index (χ0) is 26.5. The van der Waals surface area contributed by atoms with Crippen LogP contribution in [0.3, 0.4) is 0 Å². The average molecular weight is 534 g/mol. The number of allylic oxidation sites excluding steroid dienone is 1. The van der Waals surface area contributed by atoms with Crippen LogP contribution in [0.25, 0.3) is 0 Å². The lowest BCUT2D eigenvalue weighted by Crippen LogP contribution is -2.45. The van der Waals surface area contributed by atoms with Gasteiger partial charge in [-0.25, -0.2) is 9.36 Å². The molecular formula is C19H27N4O12P. The summed E-state index contributed by atoms with van der Waals surface area (Å²) in [7, 11) is -4.76. The van der Waals surface area contributed by atoms with Crippen molar-refractivity contribution in [1.82, 2.24) is 14.9 Å². The van der Waals surface area contributed by atoms with Crippen molar-refractivity contribution >= 4 is 19.5 Å². The molecule has 0 aliphatic carbocycles. The lowest BCUT2D eigenvalue weighted by atomic mass is 10.1. The van der Waals surface area contributed by atoms with Crippen molar-refractivity contribution in [2.24, 2.45) is 0 Å². The van der Waals surface area contributed by atoms with Gasteiger partial charge in [0.2, 0.25) is 12.2 Å². The number of carbonyl (C=O) groups excluding carboxylic acids is 1. The summed E-state index contributed by atoms with van der Waals surface area (Å²) in [5, 5.41) is 32.0. The summed E-state index contributed by atoms with van der Waals surface area (Å²) < 4.78 is 39.0. The molecule has 16 nitrogen and oxygen atoms in total. The number of nitrogens with one attached hydrogen (secondary N) is 1. The fraction of sp³-hybridized carbons (Fsp3) is 0.526. The van der Waals surface area contributed by atoms with Crippen LogP contribution >= 0.6 is 7.82 Å². The third-order valence-corrected chi connectivity index (χ3v) is 5.77. The van der Waals surface area contributed by atoms with E-state index in [4.69, 9.17) is 34.1 Å². The molecule has 200 valence electrons. The van der Waals surface area contributed by atoms with Crippen LogP contribution in [-0.4, -0.2) is 86.1 Å². The normalized spacial score (nSPS) is 30.5. The highest BCUT2D eigenvalue weighted by molar-refractivity contribution is 7.47. The maximum atomic E-state index is 12.3. The van der Waals surface area contributed by atoms with E-state index >= 15 is 0 Å². The van der Waals surface area contributed by atoms with Crippen LogP contribution < -0.4 is 16.7 Å². The Bertz CT molecular complexity index is 1090. The van der Waals surface area contributed by atoms with Gasteiger partial charge in [0.1, 0.15) is 36.4 Å². The standard InChI is InChI=1S/C19H27N4O12P/c1-10(25)21-12-3-2-11(34-18(12)31-7-6-24)8-32-36(29,30)33-9-13-15(26)16(27)17(35-13)23-5-4-14(20)22-19(23)28/h2-5,8,12-13,15-18,24,26-27H,6-7,9H2,1H3,(H,21,25)(H,29,30)(H2,20,22,28)/b11-8-/t12-,13-,15+,16?,17-,18?/m1/s1. The van der Waals surface area contributed by atoms with Crippen molar-refractivity contribution in [3.8, 4) is 0 Å². The molecule has 2 aliphatic rings. The molecule has 1 aromatic rings. The van der Waals surface area contributed by atoms with Gasteiger partial charge in [0.25, 0.3) is 0 Å². The van der Waals surface area contributed by atoms with Crippen molar-refractivity contribution in [3.63, 3.8) is 0 Å². The van der Waals surface area contributed by atoms with Gasteiger partial charge in [0.15, 0.2) is 12.0 Å². The largest absolute Gasteiger partial charge is 0.527 e. The summed E-state index contributed by atoms with van der Waals surface area (Å²) in [6.45, 7) is 0.202. The maximum Gasteiger partial charge on any atom is 0.527 e. The molecule has 7 N–H and O–H groups in total. The van der Waals surface area contributed by atoms with Crippen LogP contribution in [0, 0.1) is 0 Å². The van der Waals surface area contributed by atoms with Gasteiger partial charge < -0.3 is 45.1 Å². The van der Waals surface area contributed by atoms with Crippen molar-refractivity contribution in [1.29, 1.82) is 0 Å². The SMILES string of the molecule is CC(=O)N[C@@H]1C=C/C(=C/OP(=O)(O)OC[C@H]2O[C@@H](n3ccc(N)nc3=O)C(O)[C@H]2O)OC1OCCO. The van der Waals surface area contributed by atoms with E-state index in [0.29, 0.717) is 0 Å². The third kappa shape index (κ3) is 7.11. The van der Waals surface area contributed by atoms with E-state index in [1.54, 1.807) is 0 Å². The van der Waals surface area contributed by atoms with Gasteiger partial charge in [-0.1, -0.05) is 6.08 Å². The first kappa shape index (κ1) is 27.8. The molecule has 0 aromatic carbocycles. The van der Waals surface area contributed by atoms with E-state index in [0.717, 1.165) is 10.8 Å². The zero-order valence-electron chi connectivity index (χ0n) is 18.9. The number of nitrogens with two attached hydrogens (primary N) is 1. The highest BCUT2D eigenvalue weighted by Crippen LogP contribution is 2.45. The van der Waals surface area contributed by atoms with Gasteiger partial charge in [0, 0.05) is 13.1 Å². The summed E-state index contributed by atoms with van der Waals surface area (Å²) in [6.07, 6.45) is -2.01. The second kappa shape index (κ2) is 11.9. The van der Waals surface area contributed by atoms with Crippen LogP contribution in [-0.2, 0) is 32.6 Å². The second-order valence-corrected chi connectivity index (χ2v) is 9.05. The fourth-order valence-corrected chi connectivity index (χ4v) is 3.93. The Morgan fingerprint density at radius 2 is 2.14 bits per heavy atom. The first-order valence-electron chi connectivity index (χ1n) is 10.6. The quantitative estimate of drug-likeness (QED) is 0.139. The number of phosphoric ester groups is 1. The fourth-order valence-electron chi connectivity index (χ4n) is 3.29. The Balaban J connectivity index is 1.59.